The number of hydrogen-bond donors (Lipinski definition) is 1. The molecule has 1 rings (SSSR count). The predicted molar refractivity (Wildman–Crippen MR) is 62.5 cm³/mol. The molecule has 0 aromatic heterocycles. The van der Waals surface area contributed by atoms with Gasteiger partial charge in [-0.2, -0.15) is 0 Å². The van der Waals surface area contributed by atoms with Crippen LogP contribution < -0.4 is 5.73 Å². The fourth-order valence-electron chi connectivity index (χ4n) is 2.31. The monoisotopic (exact) mass is 212 g/mol. The van der Waals surface area contributed by atoms with E-state index in [4.69, 9.17) is 5.73 Å². The third-order valence-corrected chi connectivity index (χ3v) is 3.29. The van der Waals surface area contributed by atoms with Gasteiger partial charge >= 0.3 is 0 Å². The molecular weight excluding hydrogens is 188 g/mol. The van der Waals surface area contributed by atoms with E-state index in [-0.39, 0.29) is 11.9 Å². The normalized spacial score (nSPS) is 23.9. The summed E-state index contributed by atoms with van der Waals surface area (Å²) in [4.78, 5) is 14.0. The van der Waals surface area contributed by atoms with Crippen molar-refractivity contribution in [3.63, 3.8) is 0 Å². The van der Waals surface area contributed by atoms with Crippen molar-refractivity contribution in [2.24, 2.45) is 5.73 Å². The maximum Gasteiger partial charge on any atom is 0.239 e. The van der Waals surface area contributed by atoms with E-state index in [1.165, 1.54) is 6.42 Å². The summed E-state index contributed by atoms with van der Waals surface area (Å²) in [5.41, 5.74) is 5.81. The molecule has 2 atom stereocenters. The second-order valence-corrected chi connectivity index (χ2v) is 4.48. The molecule has 1 heterocycles. The van der Waals surface area contributed by atoms with Crippen molar-refractivity contribution < 1.29 is 4.79 Å². The predicted octanol–water partition coefficient (Wildman–Crippen LogP) is 1.90. The molecule has 0 aromatic rings. The SMILES string of the molecule is CCCC1CCCCN1C(=O)[C@H](N)CC. The van der Waals surface area contributed by atoms with Crippen LogP contribution in [0, 0.1) is 0 Å². The summed E-state index contributed by atoms with van der Waals surface area (Å²) in [5, 5.41) is 0. The third kappa shape index (κ3) is 3.20. The van der Waals surface area contributed by atoms with Crippen molar-refractivity contribution in [2.45, 2.75) is 64.5 Å². The molecule has 0 aliphatic carbocycles. The molecule has 3 heteroatoms. The molecule has 1 aliphatic heterocycles. The lowest BCUT2D eigenvalue weighted by atomic mass is 9.97. The van der Waals surface area contributed by atoms with Gasteiger partial charge in [0.2, 0.25) is 5.91 Å². The summed E-state index contributed by atoms with van der Waals surface area (Å²) < 4.78 is 0. The van der Waals surface area contributed by atoms with E-state index in [0.717, 1.165) is 38.6 Å². The average molecular weight is 212 g/mol. The number of nitrogens with two attached hydrogens (primary N) is 1. The number of hydrogen-bond acceptors (Lipinski definition) is 2. The Labute approximate surface area is 93.0 Å². The van der Waals surface area contributed by atoms with Crippen LogP contribution in [0.3, 0.4) is 0 Å². The van der Waals surface area contributed by atoms with E-state index in [0.29, 0.717) is 6.04 Å². The van der Waals surface area contributed by atoms with E-state index >= 15 is 0 Å². The van der Waals surface area contributed by atoms with Gasteiger partial charge in [0.15, 0.2) is 0 Å². The highest BCUT2D eigenvalue weighted by molar-refractivity contribution is 5.81. The molecule has 2 N–H and O–H groups in total. The standard InChI is InChI=1S/C12H24N2O/c1-3-7-10-8-5-6-9-14(10)12(15)11(13)4-2/h10-11H,3-9,13H2,1-2H3/t10?,11-/m1/s1. The molecule has 1 saturated heterocycles. The van der Waals surface area contributed by atoms with Gasteiger partial charge in [0.25, 0.3) is 0 Å². The van der Waals surface area contributed by atoms with Crippen molar-refractivity contribution in [3.05, 3.63) is 0 Å². The minimum absolute atomic E-state index is 0.163. The first kappa shape index (κ1) is 12.5. The Bertz CT molecular complexity index is 204. The Kier molecular flexibility index (Phi) is 5.09. The van der Waals surface area contributed by atoms with Crippen LogP contribution in [0.5, 0.6) is 0 Å². The number of nitrogens with zero attached hydrogens (tertiary/aromatic N) is 1. The number of amides is 1. The molecule has 1 unspecified atom stereocenters. The highest BCUT2D eigenvalue weighted by atomic mass is 16.2. The number of carbonyl (C=O) groups excluding carboxylic acids is 1. The highest BCUT2D eigenvalue weighted by Crippen LogP contribution is 2.21. The van der Waals surface area contributed by atoms with Gasteiger partial charge in [0, 0.05) is 12.6 Å². The van der Waals surface area contributed by atoms with Gasteiger partial charge in [0.1, 0.15) is 0 Å². The summed E-state index contributed by atoms with van der Waals surface area (Å²) >= 11 is 0. The average Bonchev–Trinajstić information content (AvgIpc) is 2.28. The van der Waals surface area contributed by atoms with Gasteiger partial charge in [-0.15, -0.1) is 0 Å². The van der Waals surface area contributed by atoms with Gasteiger partial charge in [-0.1, -0.05) is 20.3 Å². The van der Waals surface area contributed by atoms with E-state index in [1.807, 2.05) is 11.8 Å². The highest BCUT2D eigenvalue weighted by Gasteiger charge is 2.28. The Balaban J connectivity index is 2.58. The van der Waals surface area contributed by atoms with E-state index < -0.39 is 0 Å². The number of carbonyl (C=O) groups is 1. The van der Waals surface area contributed by atoms with Crippen LogP contribution in [-0.2, 0) is 4.79 Å². The second-order valence-electron chi connectivity index (χ2n) is 4.48. The van der Waals surface area contributed by atoms with E-state index in [1.54, 1.807) is 0 Å². The summed E-state index contributed by atoms with van der Waals surface area (Å²) in [6.45, 7) is 5.07. The summed E-state index contributed by atoms with van der Waals surface area (Å²) in [5.74, 6) is 0.163. The fraction of sp³-hybridized carbons (Fsp3) is 0.917. The summed E-state index contributed by atoms with van der Waals surface area (Å²) in [7, 11) is 0. The zero-order valence-corrected chi connectivity index (χ0v) is 10.0. The third-order valence-electron chi connectivity index (χ3n) is 3.29. The van der Waals surface area contributed by atoms with Crippen molar-refractivity contribution in [2.75, 3.05) is 6.54 Å². The maximum atomic E-state index is 12.0. The molecule has 3 nitrogen and oxygen atoms in total. The van der Waals surface area contributed by atoms with E-state index in [2.05, 4.69) is 6.92 Å². The minimum Gasteiger partial charge on any atom is -0.338 e. The molecule has 15 heavy (non-hydrogen) atoms. The van der Waals surface area contributed by atoms with Crippen molar-refractivity contribution in [3.8, 4) is 0 Å². The first-order valence-corrected chi connectivity index (χ1v) is 6.26. The van der Waals surface area contributed by atoms with Crippen LogP contribution in [0.4, 0.5) is 0 Å². The second kappa shape index (κ2) is 6.11. The van der Waals surface area contributed by atoms with Crippen LogP contribution in [-0.4, -0.2) is 29.4 Å². The lowest BCUT2D eigenvalue weighted by Crippen LogP contribution is -2.50. The van der Waals surface area contributed by atoms with Gasteiger partial charge in [-0.3, -0.25) is 4.79 Å². The number of piperidine rings is 1. The summed E-state index contributed by atoms with van der Waals surface area (Å²) in [6, 6.07) is 0.163. The maximum absolute atomic E-state index is 12.0. The van der Waals surface area contributed by atoms with Gasteiger partial charge in [0.05, 0.1) is 6.04 Å². The first-order valence-electron chi connectivity index (χ1n) is 6.26. The largest absolute Gasteiger partial charge is 0.338 e. The lowest BCUT2D eigenvalue weighted by molar-refractivity contribution is -0.136. The van der Waals surface area contributed by atoms with Crippen LogP contribution in [0.15, 0.2) is 0 Å². The van der Waals surface area contributed by atoms with E-state index in [9.17, 15) is 4.79 Å². The quantitative estimate of drug-likeness (QED) is 0.773. The Morgan fingerprint density at radius 3 is 2.80 bits per heavy atom. The Morgan fingerprint density at radius 2 is 2.20 bits per heavy atom. The number of rotatable bonds is 4. The zero-order chi connectivity index (χ0) is 11.3. The molecule has 1 amide bonds. The smallest absolute Gasteiger partial charge is 0.239 e. The van der Waals surface area contributed by atoms with Crippen LogP contribution in [0.2, 0.25) is 0 Å². The number of likely N-dealkylation sites (tertiary alicyclic amines) is 1. The first-order chi connectivity index (χ1) is 7.20. The Hall–Kier alpha value is -0.570. The van der Waals surface area contributed by atoms with Crippen molar-refractivity contribution in [1.82, 2.24) is 4.90 Å². The van der Waals surface area contributed by atoms with Crippen LogP contribution in [0.1, 0.15) is 52.4 Å². The molecule has 0 saturated carbocycles. The Morgan fingerprint density at radius 1 is 1.47 bits per heavy atom. The minimum atomic E-state index is -0.289. The van der Waals surface area contributed by atoms with Crippen LogP contribution in [0.25, 0.3) is 0 Å². The van der Waals surface area contributed by atoms with Crippen molar-refractivity contribution >= 4 is 5.91 Å². The molecular formula is C12H24N2O. The van der Waals surface area contributed by atoms with Gasteiger partial charge < -0.3 is 10.6 Å². The molecule has 0 aromatic carbocycles. The summed E-state index contributed by atoms with van der Waals surface area (Å²) in [6.07, 6.45) is 6.58. The molecule has 1 fully saturated rings. The van der Waals surface area contributed by atoms with Crippen LogP contribution >= 0.6 is 0 Å². The topological polar surface area (TPSA) is 46.3 Å². The molecule has 1 aliphatic rings. The van der Waals surface area contributed by atoms with Gasteiger partial charge in [-0.25, -0.2) is 0 Å². The lowest BCUT2D eigenvalue weighted by Gasteiger charge is -2.37. The fourth-order valence-corrected chi connectivity index (χ4v) is 2.31. The molecule has 0 bridgehead atoms. The van der Waals surface area contributed by atoms with Crippen molar-refractivity contribution in [1.29, 1.82) is 0 Å². The zero-order valence-electron chi connectivity index (χ0n) is 10.0. The molecule has 0 spiro atoms. The molecule has 88 valence electrons. The van der Waals surface area contributed by atoms with Gasteiger partial charge in [-0.05, 0) is 32.1 Å². The molecule has 0 radical (unpaired) electrons.